The number of carbonyl (C=O) groups is 1. The van der Waals surface area contributed by atoms with Gasteiger partial charge in [0.15, 0.2) is 5.78 Å². The van der Waals surface area contributed by atoms with Crippen LogP contribution >= 0.6 is 0 Å². The molecule has 0 amide bonds. The third-order valence-corrected chi connectivity index (χ3v) is 3.56. The van der Waals surface area contributed by atoms with Gasteiger partial charge >= 0.3 is 0 Å². The summed E-state index contributed by atoms with van der Waals surface area (Å²) in [6, 6.07) is 2.93. The Bertz CT molecular complexity index is 419. The fourth-order valence-electron chi connectivity index (χ4n) is 2.57. The highest BCUT2D eigenvalue weighted by Gasteiger charge is 2.40. The molecule has 0 aromatic heterocycles. The first-order valence-corrected chi connectivity index (χ1v) is 5.78. The van der Waals surface area contributed by atoms with E-state index < -0.39 is 17.0 Å². The van der Waals surface area contributed by atoms with Crippen molar-refractivity contribution in [3.8, 4) is 0 Å². The van der Waals surface area contributed by atoms with Crippen LogP contribution in [0.3, 0.4) is 0 Å². The number of rotatable bonds is 3. The number of hydrogen-bond acceptors (Lipinski definition) is 2. The quantitative estimate of drug-likeness (QED) is 0.824. The standard InChI is InChI=1S/C13H15F2NO/c14-10-5-9(6-11(15)7-10)12(17)13(8-16)3-1-2-4-13/h5-7H,1-4,8,16H2. The maximum Gasteiger partial charge on any atom is 0.170 e. The molecule has 1 saturated carbocycles. The first-order chi connectivity index (χ1) is 8.07. The Labute approximate surface area is 98.8 Å². The van der Waals surface area contributed by atoms with E-state index in [1.54, 1.807) is 0 Å². The van der Waals surface area contributed by atoms with Gasteiger partial charge in [-0.1, -0.05) is 12.8 Å². The van der Waals surface area contributed by atoms with E-state index in [4.69, 9.17) is 5.73 Å². The Kier molecular flexibility index (Phi) is 3.24. The second kappa shape index (κ2) is 4.53. The van der Waals surface area contributed by atoms with Crippen LogP contribution in [0.2, 0.25) is 0 Å². The fourth-order valence-corrected chi connectivity index (χ4v) is 2.57. The first kappa shape index (κ1) is 12.2. The van der Waals surface area contributed by atoms with E-state index >= 15 is 0 Å². The molecule has 1 aliphatic rings. The van der Waals surface area contributed by atoms with Gasteiger partial charge in [-0.15, -0.1) is 0 Å². The third-order valence-electron chi connectivity index (χ3n) is 3.56. The molecule has 0 heterocycles. The van der Waals surface area contributed by atoms with Gasteiger partial charge < -0.3 is 5.73 Å². The molecule has 17 heavy (non-hydrogen) atoms. The van der Waals surface area contributed by atoms with Crippen LogP contribution in [0.1, 0.15) is 36.0 Å². The van der Waals surface area contributed by atoms with Crippen molar-refractivity contribution in [2.24, 2.45) is 11.1 Å². The molecule has 4 heteroatoms. The van der Waals surface area contributed by atoms with Crippen LogP contribution in [-0.2, 0) is 0 Å². The molecule has 0 atom stereocenters. The number of ketones is 1. The van der Waals surface area contributed by atoms with Crippen LogP contribution < -0.4 is 5.73 Å². The predicted octanol–water partition coefficient (Wildman–Crippen LogP) is 2.67. The number of Topliss-reactive ketones (excluding diaryl/α,β-unsaturated/α-hetero) is 1. The lowest BCUT2D eigenvalue weighted by Crippen LogP contribution is -2.36. The van der Waals surface area contributed by atoms with Crippen molar-refractivity contribution in [1.29, 1.82) is 0 Å². The maximum absolute atomic E-state index is 13.1. The van der Waals surface area contributed by atoms with Gasteiger partial charge in [0, 0.05) is 23.6 Å². The smallest absolute Gasteiger partial charge is 0.170 e. The van der Waals surface area contributed by atoms with Crippen LogP contribution in [0, 0.1) is 17.0 Å². The van der Waals surface area contributed by atoms with Gasteiger partial charge in [-0.05, 0) is 25.0 Å². The lowest BCUT2D eigenvalue weighted by atomic mass is 9.79. The molecule has 0 unspecified atom stereocenters. The zero-order valence-electron chi connectivity index (χ0n) is 9.51. The van der Waals surface area contributed by atoms with Crippen molar-refractivity contribution in [3.63, 3.8) is 0 Å². The minimum Gasteiger partial charge on any atom is -0.329 e. The first-order valence-electron chi connectivity index (χ1n) is 5.78. The fraction of sp³-hybridized carbons (Fsp3) is 0.462. The summed E-state index contributed by atoms with van der Waals surface area (Å²) >= 11 is 0. The third kappa shape index (κ3) is 2.22. The van der Waals surface area contributed by atoms with Crippen molar-refractivity contribution >= 4 is 5.78 Å². The zero-order chi connectivity index (χ0) is 12.5. The number of carbonyl (C=O) groups excluding carboxylic acids is 1. The van der Waals surface area contributed by atoms with Gasteiger partial charge in [-0.2, -0.15) is 0 Å². The largest absolute Gasteiger partial charge is 0.329 e. The summed E-state index contributed by atoms with van der Waals surface area (Å²) in [6.07, 6.45) is 3.31. The monoisotopic (exact) mass is 239 g/mol. The Morgan fingerprint density at radius 3 is 2.18 bits per heavy atom. The topological polar surface area (TPSA) is 43.1 Å². The Hall–Kier alpha value is -1.29. The van der Waals surface area contributed by atoms with Gasteiger partial charge in [-0.25, -0.2) is 8.78 Å². The summed E-state index contributed by atoms with van der Waals surface area (Å²) < 4.78 is 26.2. The van der Waals surface area contributed by atoms with E-state index in [1.165, 1.54) is 0 Å². The number of nitrogens with two attached hydrogens (primary N) is 1. The van der Waals surface area contributed by atoms with E-state index in [1.807, 2.05) is 0 Å². The molecular weight excluding hydrogens is 224 g/mol. The highest BCUT2D eigenvalue weighted by atomic mass is 19.1. The summed E-state index contributed by atoms with van der Waals surface area (Å²) in [7, 11) is 0. The Balaban J connectivity index is 2.35. The van der Waals surface area contributed by atoms with Crippen LogP contribution in [0.4, 0.5) is 8.78 Å². The van der Waals surface area contributed by atoms with Crippen molar-refractivity contribution in [2.75, 3.05) is 6.54 Å². The van der Waals surface area contributed by atoms with Crippen molar-refractivity contribution in [3.05, 3.63) is 35.4 Å². The Morgan fingerprint density at radius 2 is 1.71 bits per heavy atom. The molecule has 2 N–H and O–H groups in total. The van der Waals surface area contributed by atoms with Crippen LogP contribution in [0.5, 0.6) is 0 Å². The summed E-state index contributed by atoms with van der Waals surface area (Å²) in [4.78, 5) is 12.3. The van der Waals surface area contributed by atoms with E-state index in [0.717, 1.165) is 31.0 Å². The average Bonchev–Trinajstić information content (AvgIpc) is 2.76. The highest BCUT2D eigenvalue weighted by molar-refractivity contribution is 6.00. The second-order valence-electron chi connectivity index (χ2n) is 4.68. The highest BCUT2D eigenvalue weighted by Crippen LogP contribution is 2.40. The Morgan fingerprint density at radius 1 is 1.18 bits per heavy atom. The number of hydrogen-bond donors (Lipinski definition) is 1. The van der Waals surface area contributed by atoms with Crippen molar-refractivity contribution in [2.45, 2.75) is 25.7 Å². The lowest BCUT2D eigenvalue weighted by molar-refractivity contribution is 0.0809. The van der Waals surface area contributed by atoms with Gasteiger partial charge in [0.05, 0.1) is 0 Å². The summed E-state index contributed by atoms with van der Waals surface area (Å²) in [5.41, 5.74) is 5.16. The van der Waals surface area contributed by atoms with Crippen LogP contribution in [0.15, 0.2) is 18.2 Å². The predicted molar refractivity (Wildman–Crippen MR) is 60.6 cm³/mol. The lowest BCUT2D eigenvalue weighted by Gasteiger charge is -2.25. The van der Waals surface area contributed by atoms with Crippen molar-refractivity contribution in [1.82, 2.24) is 0 Å². The molecule has 1 aliphatic carbocycles. The summed E-state index contributed by atoms with van der Waals surface area (Å²) in [6.45, 7) is 0.240. The zero-order valence-corrected chi connectivity index (χ0v) is 9.51. The van der Waals surface area contributed by atoms with Crippen LogP contribution in [0.25, 0.3) is 0 Å². The molecule has 2 nitrogen and oxygen atoms in total. The maximum atomic E-state index is 13.1. The summed E-state index contributed by atoms with van der Waals surface area (Å²) in [5, 5.41) is 0. The number of benzene rings is 1. The molecule has 0 spiro atoms. The SMILES string of the molecule is NCC1(C(=O)c2cc(F)cc(F)c2)CCCC1. The molecule has 0 aliphatic heterocycles. The van der Waals surface area contributed by atoms with Crippen LogP contribution in [-0.4, -0.2) is 12.3 Å². The van der Waals surface area contributed by atoms with Crippen molar-refractivity contribution < 1.29 is 13.6 Å². The van der Waals surface area contributed by atoms with E-state index in [2.05, 4.69) is 0 Å². The number of halogens is 2. The van der Waals surface area contributed by atoms with E-state index in [9.17, 15) is 13.6 Å². The van der Waals surface area contributed by atoms with Gasteiger partial charge in [0.2, 0.25) is 0 Å². The van der Waals surface area contributed by atoms with Gasteiger partial charge in [-0.3, -0.25) is 4.79 Å². The van der Waals surface area contributed by atoms with E-state index in [0.29, 0.717) is 12.8 Å². The minimum atomic E-state index is -0.724. The van der Waals surface area contributed by atoms with Gasteiger partial charge in [0.25, 0.3) is 0 Å². The molecule has 1 aromatic rings. The molecule has 0 radical (unpaired) electrons. The molecule has 0 saturated heterocycles. The van der Waals surface area contributed by atoms with Gasteiger partial charge in [0.1, 0.15) is 11.6 Å². The molecule has 0 bridgehead atoms. The van der Waals surface area contributed by atoms with E-state index in [-0.39, 0.29) is 17.9 Å². The molecule has 92 valence electrons. The summed E-state index contributed by atoms with van der Waals surface area (Å²) in [5.74, 6) is -1.67. The molecule has 1 fully saturated rings. The average molecular weight is 239 g/mol. The second-order valence-corrected chi connectivity index (χ2v) is 4.68. The molecule has 1 aromatic carbocycles. The molecular formula is C13H15F2NO. The molecule has 2 rings (SSSR count). The minimum absolute atomic E-state index is 0.0925. The normalized spacial score (nSPS) is 18.3.